The van der Waals surface area contributed by atoms with Gasteiger partial charge in [-0.15, -0.1) is 0 Å². The molecule has 5 heteroatoms. The number of halogens is 1. The van der Waals surface area contributed by atoms with E-state index in [9.17, 15) is 4.79 Å². The van der Waals surface area contributed by atoms with E-state index in [-0.39, 0.29) is 5.78 Å². The van der Waals surface area contributed by atoms with Gasteiger partial charge in [-0.1, -0.05) is 0 Å². The third-order valence-corrected chi connectivity index (χ3v) is 2.71. The fourth-order valence-electron chi connectivity index (χ4n) is 1.58. The monoisotopic (exact) mass is 265 g/mol. The van der Waals surface area contributed by atoms with E-state index in [1.54, 1.807) is 12.3 Å². The molecule has 0 spiro atoms. The van der Waals surface area contributed by atoms with Crippen molar-refractivity contribution in [3.8, 4) is 6.07 Å². The fourth-order valence-corrected chi connectivity index (χ4v) is 1.91. The lowest BCUT2D eigenvalue weighted by atomic mass is 10.2. The van der Waals surface area contributed by atoms with Crippen LogP contribution in [0.3, 0.4) is 0 Å². The molecule has 15 heavy (non-hydrogen) atoms. The van der Waals surface area contributed by atoms with Gasteiger partial charge in [0.05, 0.1) is 12.1 Å². The second kappa shape index (κ2) is 3.99. The summed E-state index contributed by atoms with van der Waals surface area (Å²) < 4.78 is 0.772. The van der Waals surface area contributed by atoms with Gasteiger partial charge in [0.1, 0.15) is 11.9 Å². The Labute approximate surface area is 95.7 Å². The van der Waals surface area contributed by atoms with Crippen LogP contribution in [0.4, 0.5) is 5.82 Å². The summed E-state index contributed by atoms with van der Waals surface area (Å²) in [5.74, 6) is 0.801. The Morgan fingerprint density at radius 1 is 1.60 bits per heavy atom. The van der Waals surface area contributed by atoms with Gasteiger partial charge < -0.3 is 4.90 Å². The van der Waals surface area contributed by atoms with Crippen LogP contribution in [0.1, 0.15) is 12.0 Å². The van der Waals surface area contributed by atoms with Crippen molar-refractivity contribution in [2.45, 2.75) is 6.42 Å². The van der Waals surface area contributed by atoms with Crippen LogP contribution in [0.2, 0.25) is 0 Å². The number of carbonyl (C=O) groups excluding carboxylic acids is 1. The fraction of sp³-hybridized carbons (Fsp3) is 0.300. The summed E-state index contributed by atoms with van der Waals surface area (Å²) in [6.45, 7) is 1.02. The van der Waals surface area contributed by atoms with E-state index < -0.39 is 0 Å². The quantitative estimate of drug-likeness (QED) is 0.772. The van der Waals surface area contributed by atoms with E-state index in [1.807, 2.05) is 4.90 Å². The zero-order valence-electron chi connectivity index (χ0n) is 7.90. The number of anilines is 1. The number of ketones is 1. The van der Waals surface area contributed by atoms with Crippen molar-refractivity contribution in [3.63, 3.8) is 0 Å². The van der Waals surface area contributed by atoms with E-state index in [1.165, 1.54) is 0 Å². The van der Waals surface area contributed by atoms with Crippen molar-refractivity contribution in [1.82, 2.24) is 4.98 Å². The van der Waals surface area contributed by atoms with Gasteiger partial charge in [-0.2, -0.15) is 5.26 Å². The first-order chi connectivity index (χ1) is 7.20. The molecule has 76 valence electrons. The Hall–Kier alpha value is -1.41. The maximum Gasteiger partial charge on any atom is 0.153 e. The molecule has 0 saturated carbocycles. The highest BCUT2D eigenvalue weighted by Crippen LogP contribution is 2.23. The zero-order valence-corrected chi connectivity index (χ0v) is 9.49. The maximum atomic E-state index is 11.1. The average Bonchev–Trinajstić information content (AvgIpc) is 2.64. The number of pyridine rings is 1. The van der Waals surface area contributed by atoms with Crippen molar-refractivity contribution < 1.29 is 4.79 Å². The van der Waals surface area contributed by atoms with Crippen LogP contribution in [-0.4, -0.2) is 23.9 Å². The predicted octanol–water partition coefficient (Wildman–Crippen LogP) is 1.49. The Morgan fingerprint density at radius 3 is 3.00 bits per heavy atom. The lowest BCUT2D eigenvalue weighted by molar-refractivity contribution is -0.116. The molecule has 1 aliphatic rings. The molecule has 1 fully saturated rings. The molecule has 1 aromatic rings. The number of nitriles is 1. The molecule has 0 aromatic carbocycles. The van der Waals surface area contributed by atoms with Gasteiger partial charge in [0.2, 0.25) is 0 Å². The number of hydrogen-bond acceptors (Lipinski definition) is 4. The molecule has 0 bridgehead atoms. The van der Waals surface area contributed by atoms with E-state index in [2.05, 4.69) is 27.0 Å². The first-order valence-electron chi connectivity index (χ1n) is 4.53. The highest BCUT2D eigenvalue weighted by Gasteiger charge is 2.22. The minimum Gasteiger partial charge on any atom is -0.348 e. The normalized spacial score (nSPS) is 15.5. The number of hydrogen-bond donors (Lipinski definition) is 0. The summed E-state index contributed by atoms with van der Waals surface area (Å²) in [6.07, 6.45) is 2.18. The third kappa shape index (κ3) is 2.00. The van der Waals surface area contributed by atoms with Crippen molar-refractivity contribution >= 4 is 27.5 Å². The zero-order chi connectivity index (χ0) is 10.8. The van der Waals surface area contributed by atoms with Crippen LogP contribution in [-0.2, 0) is 4.79 Å². The van der Waals surface area contributed by atoms with Gasteiger partial charge in [0, 0.05) is 23.6 Å². The second-order valence-electron chi connectivity index (χ2n) is 3.35. The first kappa shape index (κ1) is 10.1. The molecule has 0 atom stereocenters. The summed E-state index contributed by atoms with van der Waals surface area (Å²) in [7, 11) is 0. The predicted molar refractivity (Wildman–Crippen MR) is 58.5 cm³/mol. The molecule has 0 unspecified atom stereocenters. The first-order valence-corrected chi connectivity index (χ1v) is 5.32. The molecule has 1 saturated heterocycles. The maximum absolute atomic E-state index is 11.1. The van der Waals surface area contributed by atoms with Gasteiger partial charge in [-0.05, 0) is 22.0 Å². The largest absolute Gasteiger partial charge is 0.348 e. The van der Waals surface area contributed by atoms with E-state index in [0.717, 1.165) is 4.47 Å². The Balaban J connectivity index is 2.36. The van der Waals surface area contributed by atoms with Crippen molar-refractivity contribution in [2.75, 3.05) is 18.0 Å². The van der Waals surface area contributed by atoms with Crippen LogP contribution in [0.25, 0.3) is 0 Å². The molecule has 0 aliphatic carbocycles. The van der Waals surface area contributed by atoms with Gasteiger partial charge in [0.25, 0.3) is 0 Å². The lowest BCUT2D eigenvalue weighted by Gasteiger charge is -2.16. The second-order valence-corrected chi connectivity index (χ2v) is 4.26. The number of carbonyl (C=O) groups is 1. The number of aromatic nitrogens is 1. The van der Waals surface area contributed by atoms with Gasteiger partial charge >= 0.3 is 0 Å². The number of rotatable bonds is 1. The number of Topliss-reactive ketones (excluding diaryl/α,β-unsaturated/α-hetero) is 1. The molecule has 0 radical (unpaired) electrons. The van der Waals surface area contributed by atoms with Crippen LogP contribution >= 0.6 is 15.9 Å². The summed E-state index contributed by atoms with van der Waals surface area (Å²) in [5, 5.41) is 8.95. The molecule has 2 heterocycles. The average molecular weight is 266 g/mol. The van der Waals surface area contributed by atoms with Crippen molar-refractivity contribution in [2.24, 2.45) is 0 Å². The summed E-state index contributed by atoms with van der Waals surface area (Å²) in [6, 6.07) is 3.80. The minimum atomic E-state index is 0.198. The molecule has 1 aliphatic heterocycles. The molecular weight excluding hydrogens is 258 g/mol. The Bertz CT molecular complexity index is 452. The highest BCUT2D eigenvalue weighted by atomic mass is 79.9. The standard InChI is InChI=1S/C10H8BrN3O/c11-8-3-7(4-12)10(13-5-8)14-2-1-9(15)6-14/h3,5H,1-2,6H2. The molecular formula is C10H8BrN3O. The van der Waals surface area contributed by atoms with Crippen LogP contribution < -0.4 is 4.90 Å². The van der Waals surface area contributed by atoms with Gasteiger partial charge in [0.15, 0.2) is 5.78 Å². The Morgan fingerprint density at radius 2 is 2.40 bits per heavy atom. The summed E-state index contributed by atoms with van der Waals surface area (Å²) in [5.41, 5.74) is 0.499. The Kier molecular flexibility index (Phi) is 2.69. The minimum absolute atomic E-state index is 0.198. The molecule has 4 nitrogen and oxygen atoms in total. The molecule has 0 N–H and O–H groups in total. The highest BCUT2D eigenvalue weighted by molar-refractivity contribution is 9.10. The van der Waals surface area contributed by atoms with E-state index in [0.29, 0.717) is 30.9 Å². The van der Waals surface area contributed by atoms with E-state index in [4.69, 9.17) is 5.26 Å². The molecule has 1 aromatic heterocycles. The number of nitrogens with zero attached hydrogens (tertiary/aromatic N) is 3. The van der Waals surface area contributed by atoms with Crippen molar-refractivity contribution in [1.29, 1.82) is 5.26 Å². The van der Waals surface area contributed by atoms with Gasteiger partial charge in [-0.3, -0.25) is 4.79 Å². The SMILES string of the molecule is N#Cc1cc(Br)cnc1N1CCC(=O)C1. The lowest BCUT2D eigenvalue weighted by Crippen LogP contribution is -2.21. The van der Waals surface area contributed by atoms with Crippen LogP contribution in [0.15, 0.2) is 16.7 Å². The third-order valence-electron chi connectivity index (χ3n) is 2.28. The topological polar surface area (TPSA) is 57.0 Å². The molecule has 0 amide bonds. The van der Waals surface area contributed by atoms with Crippen LogP contribution in [0, 0.1) is 11.3 Å². The van der Waals surface area contributed by atoms with E-state index >= 15 is 0 Å². The van der Waals surface area contributed by atoms with Gasteiger partial charge in [-0.25, -0.2) is 4.98 Å². The summed E-state index contributed by atoms with van der Waals surface area (Å²) >= 11 is 3.26. The summed E-state index contributed by atoms with van der Waals surface area (Å²) in [4.78, 5) is 17.1. The van der Waals surface area contributed by atoms with Crippen molar-refractivity contribution in [3.05, 3.63) is 22.3 Å². The van der Waals surface area contributed by atoms with Crippen LogP contribution in [0.5, 0.6) is 0 Å². The molecule has 2 rings (SSSR count). The smallest absolute Gasteiger partial charge is 0.153 e.